The molecule has 154 valence electrons. The van der Waals surface area contributed by atoms with Crippen LogP contribution in [-0.2, 0) is 6.42 Å². The molecule has 31 heavy (non-hydrogen) atoms. The maximum absolute atomic E-state index is 6.27. The van der Waals surface area contributed by atoms with E-state index in [0.29, 0.717) is 12.4 Å². The fourth-order valence-electron chi connectivity index (χ4n) is 4.47. The number of amidine groups is 1. The summed E-state index contributed by atoms with van der Waals surface area (Å²) in [4.78, 5) is 14.3. The molecule has 0 spiro atoms. The standard InChI is InChI=1S/C23H22N8/c24-18-7-4-14-13-15(5-6-16(14)18)31-22(17-3-1-10-26-21(17)25)28-19-8-9-20(29-23(19)31)30-12-2-11-27-30/h2-3,5-6,8-9,11-13,18H,1,4,7,10,24H2,(H2,25,26). The molecule has 1 aliphatic heterocycles. The third-order valence-corrected chi connectivity index (χ3v) is 6.01. The van der Waals surface area contributed by atoms with Crippen LogP contribution >= 0.6 is 0 Å². The Balaban J connectivity index is 1.61. The number of aryl methyl sites for hydroxylation is 1. The second-order valence-corrected chi connectivity index (χ2v) is 7.94. The second kappa shape index (κ2) is 6.88. The van der Waals surface area contributed by atoms with Crippen molar-refractivity contribution in [2.24, 2.45) is 16.5 Å². The van der Waals surface area contributed by atoms with Crippen LogP contribution in [0.5, 0.6) is 0 Å². The Bertz CT molecular complexity index is 1360. The average Bonchev–Trinajstić information content (AvgIpc) is 3.52. The van der Waals surface area contributed by atoms with E-state index in [1.807, 2.05) is 24.4 Å². The zero-order chi connectivity index (χ0) is 20.9. The van der Waals surface area contributed by atoms with Crippen molar-refractivity contribution in [3.8, 4) is 11.5 Å². The maximum atomic E-state index is 6.27. The molecule has 8 nitrogen and oxygen atoms in total. The molecule has 1 aliphatic carbocycles. The van der Waals surface area contributed by atoms with Crippen molar-refractivity contribution in [3.05, 3.63) is 71.8 Å². The summed E-state index contributed by atoms with van der Waals surface area (Å²) in [6.45, 7) is 0.702. The van der Waals surface area contributed by atoms with Gasteiger partial charge in [0.1, 0.15) is 17.2 Å². The number of benzene rings is 1. The molecule has 4 aromatic rings. The highest BCUT2D eigenvalue weighted by molar-refractivity contribution is 6.22. The van der Waals surface area contributed by atoms with Gasteiger partial charge in [-0.15, -0.1) is 0 Å². The minimum Gasteiger partial charge on any atom is -0.383 e. The van der Waals surface area contributed by atoms with E-state index in [-0.39, 0.29) is 6.04 Å². The lowest BCUT2D eigenvalue weighted by molar-refractivity contribution is 0.713. The Hall–Kier alpha value is -3.78. The van der Waals surface area contributed by atoms with Crippen molar-refractivity contribution in [3.63, 3.8) is 0 Å². The van der Waals surface area contributed by atoms with Gasteiger partial charge in [-0.1, -0.05) is 12.1 Å². The van der Waals surface area contributed by atoms with Crippen molar-refractivity contribution >= 4 is 22.6 Å². The van der Waals surface area contributed by atoms with Crippen LogP contribution in [0.1, 0.15) is 35.8 Å². The highest BCUT2D eigenvalue weighted by atomic mass is 15.3. The smallest absolute Gasteiger partial charge is 0.167 e. The van der Waals surface area contributed by atoms with E-state index < -0.39 is 0 Å². The number of hydrogen-bond acceptors (Lipinski definition) is 6. The molecule has 1 unspecified atom stereocenters. The third-order valence-electron chi connectivity index (χ3n) is 6.01. The lowest BCUT2D eigenvalue weighted by Crippen LogP contribution is -2.20. The SMILES string of the molecule is NC1=NCCC=C1c1nc2ccc(-n3cccn3)nc2n1-c1ccc2c(c1)CCC2N. The fourth-order valence-corrected chi connectivity index (χ4v) is 4.47. The molecule has 1 atom stereocenters. The van der Waals surface area contributed by atoms with Crippen molar-refractivity contribution in [1.82, 2.24) is 24.3 Å². The first kappa shape index (κ1) is 18.0. The quantitative estimate of drug-likeness (QED) is 0.539. The van der Waals surface area contributed by atoms with Crippen LogP contribution in [0.2, 0.25) is 0 Å². The summed E-state index contributed by atoms with van der Waals surface area (Å²) in [6.07, 6.45) is 8.51. The molecule has 1 aromatic carbocycles. The van der Waals surface area contributed by atoms with Crippen LogP contribution in [0.15, 0.2) is 59.9 Å². The molecule has 4 N–H and O–H groups in total. The first-order chi connectivity index (χ1) is 15.2. The monoisotopic (exact) mass is 410 g/mol. The minimum absolute atomic E-state index is 0.108. The summed E-state index contributed by atoms with van der Waals surface area (Å²) < 4.78 is 3.82. The molecule has 0 amide bonds. The molecule has 0 saturated heterocycles. The Morgan fingerprint density at radius 1 is 1.10 bits per heavy atom. The molecule has 0 fully saturated rings. The van der Waals surface area contributed by atoms with Gasteiger partial charge in [-0.25, -0.2) is 14.6 Å². The van der Waals surface area contributed by atoms with Gasteiger partial charge >= 0.3 is 0 Å². The second-order valence-electron chi connectivity index (χ2n) is 7.94. The average molecular weight is 410 g/mol. The largest absolute Gasteiger partial charge is 0.383 e. The predicted molar refractivity (Wildman–Crippen MR) is 120 cm³/mol. The summed E-state index contributed by atoms with van der Waals surface area (Å²) >= 11 is 0. The number of aliphatic imine (C=N–C) groups is 1. The van der Waals surface area contributed by atoms with Crippen molar-refractivity contribution in [2.45, 2.75) is 25.3 Å². The van der Waals surface area contributed by atoms with Gasteiger partial charge in [-0.3, -0.25) is 9.56 Å². The van der Waals surface area contributed by atoms with E-state index in [0.717, 1.165) is 53.3 Å². The fraction of sp³-hybridized carbons (Fsp3) is 0.217. The van der Waals surface area contributed by atoms with Crippen LogP contribution in [0.3, 0.4) is 0 Å². The lowest BCUT2D eigenvalue weighted by Gasteiger charge is -2.15. The molecule has 0 saturated carbocycles. The van der Waals surface area contributed by atoms with Crippen LogP contribution in [0, 0.1) is 0 Å². The molecule has 0 bridgehead atoms. The zero-order valence-corrected chi connectivity index (χ0v) is 16.9. The highest BCUT2D eigenvalue weighted by Crippen LogP contribution is 2.33. The van der Waals surface area contributed by atoms with Gasteiger partial charge < -0.3 is 11.5 Å². The molecule has 8 heteroatoms. The van der Waals surface area contributed by atoms with Gasteiger partial charge in [0, 0.05) is 30.7 Å². The van der Waals surface area contributed by atoms with E-state index in [4.69, 9.17) is 21.4 Å². The number of pyridine rings is 1. The number of nitrogens with two attached hydrogens (primary N) is 2. The number of fused-ring (bicyclic) bond motifs is 2. The van der Waals surface area contributed by atoms with Gasteiger partial charge in [0.2, 0.25) is 0 Å². The summed E-state index contributed by atoms with van der Waals surface area (Å²) in [5.41, 5.74) is 18.4. The zero-order valence-electron chi connectivity index (χ0n) is 16.9. The van der Waals surface area contributed by atoms with E-state index in [2.05, 4.69) is 38.9 Å². The first-order valence-corrected chi connectivity index (χ1v) is 10.5. The lowest BCUT2D eigenvalue weighted by atomic mass is 10.1. The van der Waals surface area contributed by atoms with Gasteiger partial charge in [0.25, 0.3) is 0 Å². The number of nitrogens with zero attached hydrogens (tertiary/aromatic N) is 6. The van der Waals surface area contributed by atoms with Gasteiger partial charge in [-0.05, 0) is 60.7 Å². The summed E-state index contributed by atoms with van der Waals surface area (Å²) in [5, 5.41) is 4.32. The summed E-state index contributed by atoms with van der Waals surface area (Å²) in [7, 11) is 0. The van der Waals surface area contributed by atoms with Crippen LogP contribution in [-0.4, -0.2) is 36.7 Å². The summed E-state index contributed by atoms with van der Waals surface area (Å²) in [6, 6.07) is 12.3. The molecule has 4 heterocycles. The summed E-state index contributed by atoms with van der Waals surface area (Å²) in [5.74, 6) is 1.99. The Labute approximate surface area is 178 Å². The van der Waals surface area contributed by atoms with Crippen molar-refractivity contribution in [2.75, 3.05) is 6.54 Å². The topological polar surface area (TPSA) is 113 Å². The van der Waals surface area contributed by atoms with E-state index >= 15 is 0 Å². The van der Waals surface area contributed by atoms with Crippen LogP contribution < -0.4 is 11.5 Å². The normalized spacial score (nSPS) is 18.2. The first-order valence-electron chi connectivity index (χ1n) is 10.5. The van der Waals surface area contributed by atoms with E-state index in [1.165, 1.54) is 11.1 Å². The molecule has 2 aliphatic rings. The number of imidazole rings is 1. The third kappa shape index (κ3) is 2.87. The van der Waals surface area contributed by atoms with Crippen LogP contribution in [0.4, 0.5) is 0 Å². The van der Waals surface area contributed by atoms with Crippen molar-refractivity contribution < 1.29 is 0 Å². The molecular formula is C23H22N8. The molecule has 0 radical (unpaired) electrons. The number of aromatic nitrogens is 5. The molecule has 6 rings (SSSR count). The minimum atomic E-state index is 0.108. The number of dihydropyridines is 1. The van der Waals surface area contributed by atoms with Gasteiger partial charge in [0.05, 0.1) is 5.57 Å². The number of rotatable bonds is 3. The Morgan fingerprint density at radius 3 is 2.87 bits per heavy atom. The Morgan fingerprint density at radius 2 is 2.03 bits per heavy atom. The highest BCUT2D eigenvalue weighted by Gasteiger charge is 2.24. The van der Waals surface area contributed by atoms with Gasteiger partial charge in [-0.2, -0.15) is 5.10 Å². The Kier molecular flexibility index (Phi) is 4.00. The maximum Gasteiger partial charge on any atom is 0.167 e. The van der Waals surface area contributed by atoms with Gasteiger partial charge in [0.15, 0.2) is 11.5 Å². The van der Waals surface area contributed by atoms with Crippen molar-refractivity contribution in [1.29, 1.82) is 0 Å². The van der Waals surface area contributed by atoms with Crippen LogP contribution in [0.25, 0.3) is 28.2 Å². The predicted octanol–water partition coefficient (Wildman–Crippen LogP) is 2.70. The molecule has 3 aromatic heterocycles. The number of hydrogen-bond donors (Lipinski definition) is 2. The van der Waals surface area contributed by atoms with E-state index in [1.54, 1.807) is 10.9 Å². The molecular weight excluding hydrogens is 388 g/mol. The van der Waals surface area contributed by atoms with E-state index in [9.17, 15) is 0 Å².